The van der Waals surface area contributed by atoms with Crippen molar-refractivity contribution >= 4 is 33.1 Å². The molecule has 0 atom stereocenters. The molecule has 2 aromatic rings. The highest BCUT2D eigenvalue weighted by Gasteiger charge is 2.42. The average molecular weight is 423 g/mol. The summed E-state index contributed by atoms with van der Waals surface area (Å²) < 4.78 is 30.9. The Labute approximate surface area is 168 Å². The normalized spacial score (nSPS) is 16.3. The highest BCUT2D eigenvalue weighted by atomic mass is 32.2. The summed E-state index contributed by atoms with van der Waals surface area (Å²) in [6, 6.07) is 4.71. The Morgan fingerprint density at radius 2 is 1.93 bits per heavy atom. The number of amides is 1. The standard InChI is InChI=1S/C18H25N5O5S/c1-18(2,3)23(29(26,27)28-17(19)25)12-7-10-22(11-8-12)14-6-9-20-16-13(14)4-5-15(24)21-16/h4-6,9,12H,7-8,10-11H2,1-3H3,(H2,19,25)(H,20,21,24). The fourth-order valence-electron chi connectivity index (χ4n) is 3.87. The van der Waals surface area contributed by atoms with Crippen LogP contribution in [0.4, 0.5) is 10.5 Å². The maximum Gasteiger partial charge on any atom is 0.421 e. The van der Waals surface area contributed by atoms with Crippen molar-refractivity contribution in [2.75, 3.05) is 18.0 Å². The number of primary amides is 1. The molecule has 11 heteroatoms. The van der Waals surface area contributed by atoms with Gasteiger partial charge in [-0.25, -0.2) is 9.78 Å². The molecule has 0 aromatic carbocycles. The number of H-pyrrole nitrogens is 1. The van der Waals surface area contributed by atoms with Crippen LogP contribution in [0.1, 0.15) is 33.6 Å². The molecule has 3 heterocycles. The Morgan fingerprint density at radius 3 is 2.52 bits per heavy atom. The third-order valence-corrected chi connectivity index (χ3v) is 6.54. The number of rotatable bonds is 4. The van der Waals surface area contributed by atoms with Gasteiger partial charge in [0.25, 0.3) is 0 Å². The fraction of sp³-hybridized carbons (Fsp3) is 0.500. The first-order chi connectivity index (χ1) is 13.5. The molecule has 0 aliphatic carbocycles. The number of anilines is 1. The number of aromatic amines is 1. The zero-order chi connectivity index (χ0) is 21.4. The van der Waals surface area contributed by atoms with Gasteiger partial charge in [-0.15, -0.1) is 0 Å². The van der Waals surface area contributed by atoms with Crippen molar-refractivity contribution in [2.24, 2.45) is 5.73 Å². The van der Waals surface area contributed by atoms with E-state index in [0.29, 0.717) is 31.6 Å². The Kier molecular flexibility index (Phi) is 5.54. The third-order valence-electron chi connectivity index (χ3n) is 4.84. The number of fused-ring (bicyclic) bond motifs is 1. The number of carbonyl (C=O) groups excluding carboxylic acids is 1. The number of pyridine rings is 2. The van der Waals surface area contributed by atoms with Gasteiger partial charge < -0.3 is 19.8 Å². The molecule has 0 bridgehead atoms. The number of hydrogen-bond donors (Lipinski definition) is 2. The summed E-state index contributed by atoms with van der Waals surface area (Å²) in [5, 5.41) is 0.822. The fourth-order valence-corrected chi connectivity index (χ4v) is 5.41. The van der Waals surface area contributed by atoms with Gasteiger partial charge in [0.2, 0.25) is 5.56 Å². The van der Waals surface area contributed by atoms with Gasteiger partial charge in [-0.2, -0.15) is 12.7 Å². The molecule has 0 radical (unpaired) electrons. The molecule has 1 saturated heterocycles. The first-order valence-corrected chi connectivity index (χ1v) is 10.6. The van der Waals surface area contributed by atoms with E-state index in [-0.39, 0.29) is 11.6 Å². The van der Waals surface area contributed by atoms with E-state index in [1.54, 1.807) is 33.0 Å². The van der Waals surface area contributed by atoms with Crippen LogP contribution >= 0.6 is 0 Å². The van der Waals surface area contributed by atoms with E-state index >= 15 is 0 Å². The van der Waals surface area contributed by atoms with E-state index in [0.717, 1.165) is 11.1 Å². The predicted octanol–water partition coefficient (Wildman–Crippen LogP) is 1.33. The lowest BCUT2D eigenvalue weighted by molar-refractivity contribution is 0.143. The SMILES string of the molecule is CC(C)(C)N(C1CCN(c2ccnc3[nH]c(=O)ccc23)CC1)S(=O)(=O)OC(N)=O. The van der Waals surface area contributed by atoms with E-state index in [4.69, 9.17) is 5.73 Å². The molecule has 1 amide bonds. The number of aromatic nitrogens is 2. The van der Waals surface area contributed by atoms with Crippen LogP contribution in [0.25, 0.3) is 11.0 Å². The summed E-state index contributed by atoms with van der Waals surface area (Å²) in [6.07, 6.45) is 1.35. The predicted molar refractivity (Wildman–Crippen MR) is 109 cm³/mol. The molecule has 10 nitrogen and oxygen atoms in total. The molecule has 0 unspecified atom stereocenters. The molecule has 3 N–H and O–H groups in total. The first-order valence-electron chi connectivity index (χ1n) is 9.25. The lowest BCUT2D eigenvalue weighted by Crippen LogP contribution is -2.55. The van der Waals surface area contributed by atoms with Gasteiger partial charge in [-0.05, 0) is 45.7 Å². The largest absolute Gasteiger partial charge is 0.421 e. The Balaban J connectivity index is 1.84. The second kappa shape index (κ2) is 7.64. The molecule has 1 aliphatic rings. The molecule has 2 aromatic heterocycles. The number of hydrogen-bond acceptors (Lipinski definition) is 7. The summed E-state index contributed by atoms with van der Waals surface area (Å²) >= 11 is 0. The Hall–Kier alpha value is -2.66. The van der Waals surface area contributed by atoms with E-state index in [1.807, 2.05) is 6.07 Å². The highest BCUT2D eigenvalue weighted by molar-refractivity contribution is 7.84. The van der Waals surface area contributed by atoms with E-state index in [2.05, 4.69) is 19.1 Å². The van der Waals surface area contributed by atoms with Crippen LogP contribution in [-0.4, -0.2) is 53.5 Å². The van der Waals surface area contributed by atoms with Crippen LogP contribution < -0.4 is 16.2 Å². The molecular formula is C18H25N5O5S. The summed E-state index contributed by atoms with van der Waals surface area (Å²) in [7, 11) is -4.31. The number of carbonyl (C=O) groups is 1. The topological polar surface area (TPSA) is 139 Å². The number of nitrogens with one attached hydrogen (secondary N) is 1. The van der Waals surface area contributed by atoms with Gasteiger partial charge in [0.05, 0.1) is 0 Å². The minimum absolute atomic E-state index is 0.221. The molecule has 158 valence electrons. The summed E-state index contributed by atoms with van der Waals surface area (Å²) in [4.78, 5) is 31.6. The molecule has 29 heavy (non-hydrogen) atoms. The number of nitrogens with two attached hydrogens (primary N) is 1. The molecule has 1 fully saturated rings. The second-order valence-electron chi connectivity index (χ2n) is 7.96. The van der Waals surface area contributed by atoms with Gasteiger partial charge in [0, 0.05) is 48.0 Å². The van der Waals surface area contributed by atoms with Gasteiger partial charge >= 0.3 is 16.4 Å². The van der Waals surface area contributed by atoms with Crippen molar-refractivity contribution in [3.8, 4) is 0 Å². The average Bonchev–Trinajstić information content (AvgIpc) is 2.59. The van der Waals surface area contributed by atoms with Crippen molar-refractivity contribution in [3.05, 3.63) is 34.7 Å². The van der Waals surface area contributed by atoms with Crippen LogP contribution in [0.3, 0.4) is 0 Å². The minimum atomic E-state index is -4.31. The maximum atomic E-state index is 12.6. The minimum Gasteiger partial charge on any atom is -0.371 e. The van der Waals surface area contributed by atoms with Crippen LogP contribution in [-0.2, 0) is 14.5 Å². The van der Waals surface area contributed by atoms with Crippen LogP contribution in [0.2, 0.25) is 0 Å². The molecule has 3 rings (SSSR count). The van der Waals surface area contributed by atoms with Crippen LogP contribution in [0.5, 0.6) is 0 Å². The third kappa shape index (κ3) is 4.51. The van der Waals surface area contributed by atoms with Gasteiger partial charge in [-0.3, -0.25) is 4.79 Å². The summed E-state index contributed by atoms with van der Waals surface area (Å²) in [5.74, 6) is 0. The van der Waals surface area contributed by atoms with Gasteiger partial charge in [0.1, 0.15) is 5.65 Å². The summed E-state index contributed by atoms with van der Waals surface area (Å²) in [5.41, 5.74) is 5.36. The zero-order valence-electron chi connectivity index (χ0n) is 16.6. The monoisotopic (exact) mass is 423 g/mol. The molecule has 0 spiro atoms. The van der Waals surface area contributed by atoms with Crippen molar-refractivity contribution < 1.29 is 17.4 Å². The van der Waals surface area contributed by atoms with Crippen molar-refractivity contribution in [3.63, 3.8) is 0 Å². The lowest BCUT2D eigenvalue weighted by atomic mass is 9.99. The van der Waals surface area contributed by atoms with E-state index < -0.39 is 21.9 Å². The maximum absolute atomic E-state index is 12.6. The van der Waals surface area contributed by atoms with Crippen molar-refractivity contribution in [2.45, 2.75) is 45.2 Å². The quantitative estimate of drug-likeness (QED) is 0.756. The van der Waals surface area contributed by atoms with Gasteiger partial charge in [-0.1, -0.05) is 0 Å². The second-order valence-corrected chi connectivity index (χ2v) is 9.38. The van der Waals surface area contributed by atoms with Crippen molar-refractivity contribution in [1.82, 2.24) is 14.3 Å². The van der Waals surface area contributed by atoms with Crippen molar-refractivity contribution in [1.29, 1.82) is 0 Å². The van der Waals surface area contributed by atoms with E-state index in [9.17, 15) is 18.0 Å². The molecular weight excluding hydrogens is 398 g/mol. The molecule has 0 saturated carbocycles. The van der Waals surface area contributed by atoms with Crippen LogP contribution in [0.15, 0.2) is 29.2 Å². The number of piperidine rings is 1. The zero-order valence-corrected chi connectivity index (χ0v) is 17.4. The van der Waals surface area contributed by atoms with Crippen LogP contribution in [0, 0.1) is 0 Å². The molecule has 1 aliphatic heterocycles. The van der Waals surface area contributed by atoms with Gasteiger partial charge in [0.15, 0.2) is 0 Å². The lowest BCUT2D eigenvalue weighted by Gasteiger charge is -2.43. The first kappa shape index (κ1) is 21.1. The number of nitrogens with zero attached hydrogens (tertiary/aromatic N) is 3. The summed E-state index contributed by atoms with van der Waals surface area (Å²) in [6.45, 7) is 6.40. The smallest absolute Gasteiger partial charge is 0.371 e. The highest BCUT2D eigenvalue weighted by Crippen LogP contribution is 2.32. The Bertz CT molecular complexity index is 1070. The Morgan fingerprint density at radius 1 is 1.28 bits per heavy atom. The van der Waals surface area contributed by atoms with E-state index in [1.165, 1.54) is 10.4 Å².